The van der Waals surface area contributed by atoms with Gasteiger partial charge < -0.3 is 18.9 Å². The zero-order chi connectivity index (χ0) is 28.0. The van der Waals surface area contributed by atoms with E-state index in [2.05, 4.69) is 0 Å². The van der Waals surface area contributed by atoms with Crippen LogP contribution in [0.5, 0.6) is 0 Å². The molecule has 1 saturated carbocycles. The lowest BCUT2D eigenvalue weighted by Gasteiger charge is -2.51. The second-order valence-corrected chi connectivity index (χ2v) is 12.2. The van der Waals surface area contributed by atoms with Crippen molar-refractivity contribution in [2.24, 2.45) is 59.2 Å². The summed E-state index contributed by atoms with van der Waals surface area (Å²) in [5.41, 5.74) is 0.767. The highest BCUT2D eigenvalue weighted by Crippen LogP contribution is 2.55. The van der Waals surface area contributed by atoms with E-state index in [-0.39, 0.29) is 50.1 Å². The Kier molecular flexibility index (Phi) is 11.2. The van der Waals surface area contributed by atoms with Crippen molar-refractivity contribution >= 4 is 23.9 Å². The van der Waals surface area contributed by atoms with E-state index in [0.717, 1.165) is 5.57 Å². The first-order valence-corrected chi connectivity index (χ1v) is 13.6. The minimum atomic E-state index is -0.960. The van der Waals surface area contributed by atoms with Crippen LogP contribution in [0, 0.1) is 59.2 Å². The van der Waals surface area contributed by atoms with Crippen LogP contribution in [0.15, 0.2) is 11.6 Å². The fourth-order valence-electron chi connectivity index (χ4n) is 5.13. The molecular weight excluding hydrogens is 476 g/mol. The lowest BCUT2D eigenvalue weighted by Crippen LogP contribution is -2.59. The molecule has 8 nitrogen and oxygen atoms in total. The van der Waals surface area contributed by atoms with Crippen molar-refractivity contribution in [3.8, 4) is 0 Å². The van der Waals surface area contributed by atoms with Gasteiger partial charge in [-0.3, -0.25) is 19.2 Å². The van der Waals surface area contributed by atoms with Gasteiger partial charge >= 0.3 is 23.9 Å². The SMILES string of the molecule is CC1=CC2C(C(=O)OCC(C)C)C(C(=O)OCC(C)C)C1C(C(=O)OCC(C)C)C2C(=O)OCC(C)C. The monoisotopic (exact) mass is 522 g/mol. The minimum absolute atomic E-state index is 0.0956. The van der Waals surface area contributed by atoms with Crippen LogP contribution in [-0.4, -0.2) is 50.3 Å². The molecule has 4 unspecified atom stereocenters. The van der Waals surface area contributed by atoms with Gasteiger partial charge in [0.15, 0.2) is 0 Å². The number of carbonyl (C=O) groups excluding carboxylic acids is 4. The average molecular weight is 523 g/mol. The second kappa shape index (κ2) is 13.4. The summed E-state index contributed by atoms with van der Waals surface area (Å²) in [6.07, 6.45) is 1.84. The van der Waals surface area contributed by atoms with E-state index in [4.69, 9.17) is 18.9 Å². The number of esters is 4. The molecule has 37 heavy (non-hydrogen) atoms. The highest BCUT2D eigenvalue weighted by atomic mass is 16.6. The van der Waals surface area contributed by atoms with Gasteiger partial charge in [-0.25, -0.2) is 0 Å². The summed E-state index contributed by atoms with van der Waals surface area (Å²) >= 11 is 0. The smallest absolute Gasteiger partial charge is 0.310 e. The zero-order valence-electron chi connectivity index (χ0n) is 23.9. The first-order chi connectivity index (χ1) is 17.3. The third-order valence-electron chi connectivity index (χ3n) is 6.68. The van der Waals surface area contributed by atoms with E-state index in [1.807, 2.05) is 68.4 Å². The minimum Gasteiger partial charge on any atom is -0.465 e. The fourth-order valence-corrected chi connectivity index (χ4v) is 5.13. The number of ether oxygens (including phenoxy) is 4. The number of allylic oxidation sites excluding steroid dienone is 2. The maximum atomic E-state index is 13.5. The summed E-state index contributed by atoms with van der Waals surface area (Å²) in [6.45, 7) is 18.0. The Balaban J connectivity index is 2.57. The van der Waals surface area contributed by atoms with Crippen LogP contribution in [-0.2, 0) is 38.1 Å². The largest absolute Gasteiger partial charge is 0.465 e. The van der Waals surface area contributed by atoms with Gasteiger partial charge in [0.1, 0.15) is 0 Å². The van der Waals surface area contributed by atoms with Crippen LogP contribution in [0.3, 0.4) is 0 Å². The molecule has 3 rings (SSSR count). The van der Waals surface area contributed by atoms with Crippen molar-refractivity contribution in [1.82, 2.24) is 0 Å². The van der Waals surface area contributed by atoms with Gasteiger partial charge in [0.05, 0.1) is 50.1 Å². The van der Waals surface area contributed by atoms with E-state index in [9.17, 15) is 19.2 Å². The number of hydrogen-bond acceptors (Lipinski definition) is 8. The Morgan fingerprint density at radius 1 is 0.568 bits per heavy atom. The third-order valence-corrected chi connectivity index (χ3v) is 6.68. The molecule has 3 aliphatic carbocycles. The predicted molar refractivity (Wildman–Crippen MR) is 138 cm³/mol. The summed E-state index contributed by atoms with van der Waals surface area (Å²) in [6, 6.07) is 0. The van der Waals surface area contributed by atoms with Gasteiger partial charge in [-0.15, -0.1) is 0 Å². The molecule has 0 aromatic rings. The molecule has 3 aliphatic rings. The van der Waals surface area contributed by atoms with Gasteiger partial charge in [0.2, 0.25) is 0 Å². The maximum absolute atomic E-state index is 13.5. The second-order valence-electron chi connectivity index (χ2n) is 12.2. The van der Waals surface area contributed by atoms with Crippen LogP contribution in [0.25, 0.3) is 0 Å². The Morgan fingerprint density at radius 3 is 1.11 bits per heavy atom. The van der Waals surface area contributed by atoms with E-state index in [1.165, 1.54) is 0 Å². The molecule has 0 aromatic heterocycles. The normalized spacial score (nSPS) is 26.9. The van der Waals surface area contributed by atoms with Crippen molar-refractivity contribution in [3.63, 3.8) is 0 Å². The summed E-state index contributed by atoms with van der Waals surface area (Å²) in [7, 11) is 0. The van der Waals surface area contributed by atoms with E-state index in [1.54, 1.807) is 0 Å². The highest BCUT2D eigenvalue weighted by Gasteiger charge is 2.64. The molecule has 0 aromatic carbocycles. The Labute approximate surface area is 221 Å². The van der Waals surface area contributed by atoms with Gasteiger partial charge in [-0.2, -0.15) is 0 Å². The van der Waals surface area contributed by atoms with Crippen molar-refractivity contribution in [3.05, 3.63) is 11.6 Å². The van der Waals surface area contributed by atoms with Gasteiger partial charge in [-0.1, -0.05) is 67.0 Å². The molecule has 0 N–H and O–H groups in total. The molecule has 4 atom stereocenters. The molecule has 0 spiro atoms. The Morgan fingerprint density at radius 2 is 0.838 bits per heavy atom. The molecule has 0 saturated heterocycles. The molecular formula is C29H46O8. The van der Waals surface area contributed by atoms with Crippen LogP contribution in [0.1, 0.15) is 62.3 Å². The number of carbonyl (C=O) groups is 4. The fraction of sp³-hybridized carbons (Fsp3) is 0.793. The van der Waals surface area contributed by atoms with Crippen LogP contribution in [0.4, 0.5) is 0 Å². The topological polar surface area (TPSA) is 105 Å². The lowest BCUT2D eigenvalue weighted by atomic mass is 9.50. The standard InChI is InChI=1S/C29H46O8/c1-15(2)11-34-26(30)22-20-10-19(9)21(24(22)28(32)36-13-17(5)6)25(29(33)37-14-18(7)8)23(20)27(31)35-12-16(3)4/h10,15-18,20-25H,11-14H2,1-9H3. The van der Waals surface area contributed by atoms with Crippen molar-refractivity contribution in [2.75, 3.05) is 26.4 Å². The maximum Gasteiger partial charge on any atom is 0.310 e. The van der Waals surface area contributed by atoms with Crippen molar-refractivity contribution < 1.29 is 38.1 Å². The molecule has 0 aliphatic heterocycles. The summed E-state index contributed by atoms with van der Waals surface area (Å²) in [5.74, 6) is -7.18. The first-order valence-electron chi connectivity index (χ1n) is 13.6. The predicted octanol–water partition coefficient (Wildman–Crippen LogP) is 4.45. The van der Waals surface area contributed by atoms with Gasteiger partial charge in [0.25, 0.3) is 0 Å². The van der Waals surface area contributed by atoms with Crippen molar-refractivity contribution in [2.45, 2.75) is 62.3 Å². The zero-order valence-corrected chi connectivity index (χ0v) is 23.9. The molecule has 0 radical (unpaired) electrons. The molecule has 210 valence electrons. The van der Waals surface area contributed by atoms with Crippen LogP contribution >= 0.6 is 0 Å². The quantitative estimate of drug-likeness (QED) is 0.210. The number of fused-ring (bicyclic) bond motifs is 2. The highest BCUT2D eigenvalue weighted by molar-refractivity contribution is 5.90. The van der Waals surface area contributed by atoms with Gasteiger partial charge in [-0.05, 0) is 30.6 Å². The average Bonchev–Trinajstić information content (AvgIpc) is 2.81. The lowest BCUT2D eigenvalue weighted by molar-refractivity contribution is -0.187. The Bertz CT molecular complexity index is 796. The Hall–Kier alpha value is -2.38. The number of hydrogen-bond donors (Lipinski definition) is 0. The van der Waals surface area contributed by atoms with Crippen LogP contribution < -0.4 is 0 Å². The third kappa shape index (κ3) is 7.81. The molecule has 2 bridgehead atoms. The molecule has 0 amide bonds. The van der Waals surface area contributed by atoms with E-state index >= 15 is 0 Å². The first kappa shape index (κ1) is 30.8. The van der Waals surface area contributed by atoms with Crippen LogP contribution in [0.2, 0.25) is 0 Å². The number of rotatable bonds is 12. The van der Waals surface area contributed by atoms with E-state index < -0.39 is 59.4 Å². The molecule has 1 fully saturated rings. The molecule has 0 heterocycles. The molecule has 8 heteroatoms. The summed E-state index contributed by atoms with van der Waals surface area (Å²) < 4.78 is 22.4. The van der Waals surface area contributed by atoms with Gasteiger partial charge in [0, 0.05) is 11.8 Å². The summed E-state index contributed by atoms with van der Waals surface area (Å²) in [5, 5.41) is 0. The summed E-state index contributed by atoms with van der Waals surface area (Å²) in [4.78, 5) is 53.9. The van der Waals surface area contributed by atoms with Crippen molar-refractivity contribution in [1.29, 1.82) is 0 Å². The van der Waals surface area contributed by atoms with E-state index in [0.29, 0.717) is 0 Å².